The lowest BCUT2D eigenvalue weighted by molar-refractivity contribution is 0.350. The molecule has 0 aliphatic carbocycles. The third-order valence-electron chi connectivity index (χ3n) is 2.08. The van der Waals surface area contributed by atoms with Crippen LogP contribution in [0.1, 0.15) is 12.5 Å². The van der Waals surface area contributed by atoms with Gasteiger partial charge in [0.2, 0.25) is 0 Å². The molecule has 0 atom stereocenters. The number of ether oxygens (including phenoxy) is 1. The number of hydrogen-bond donors (Lipinski definition) is 1. The molecule has 0 aliphatic rings. The van der Waals surface area contributed by atoms with Crippen molar-refractivity contribution < 1.29 is 4.74 Å². The summed E-state index contributed by atoms with van der Waals surface area (Å²) in [5.41, 5.74) is 7.85. The lowest BCUT2D eigenvalue weighted by Gasteiger charge is -2.08. The largest absolute Gasteiger partial charge is 0.489 e. The fraction of sp³-hybridized carbons (Fsp3) is 0.333. The Balaban J connectivity index is 2.53. The van der Waals surface area contributed by atoms with E-state index >= 15 is 0 Å². The topological polar surface area (TPSA) is 35.2 Å². The van der Waals surface area contributed by atoms with Gasteiger partial charge in [0, 0.05) is 6.54 Å². The van der Waals surface area contributed by atoms with Gasteiger partial charge in [-0.05, 0) is 37.1 Å². The molecule has 76 valence electrons. The summed E-state index contributed by atoms with van der Waals surface area (Å²) >= 11 is 0. The SMILES string of the molecule is C/C=C(\CN)COc1cccc(C)c1. The van der Waals surface area contributed by atoms with Gasteiger partial charge in [-0.2, -0.15) is 0 Å². The second-order valence-electron chi connectivity index (χ2n) is 3.26. The van der Waals surface area contributed by atoms with Crippen LogP contribution in [0, 0.1) is 6.92 Å². The second-order valence-corrected chi connectivity index (χ2v) is 3.26. The van der Waals surface area contributed by atoms with Gasteiger partial charge in [-0.25, -0.2) is 0 Å². The van der Waals surface area contributed by atoms with Crippen molar-refractivity contribution in [2.75, 3.05) is 13.2 Å². The van der Waals surface area contributed by atoms with Crippen LogP contribution in [-0.4, -0.2) is 13.2 Å². The third-order valence-corrected chi connectivity index (χ3v) is 2.08. The van der Waals surface area contributed by atoms with Gasteiger partial charge in [-0.3, -0.25) is 0 Å². The first-order chi connectivity index (χ1) is 6.76. The number of nitrogens with two attached hydrogens (primary N) is 1. The molecule has 0 heterocycles. The number of benzene rings is 1. The van der Waals surface area contributed by atoms with Gasteiger partial charge in [-0.1, -0.05) is 18.2 Å². The molecule has 0 aliphatic heterocycles. The van der Waals surface area contributed by atoms with E-state index in [-0.39, 0.29) is 0 Å². The Kier molecular flexibility index (Phi) is 4.20. The van der Waals surface area contributed by atoms with Gasteiger partial charge in [0.1, 0.15) is 12.4 Å². The third kappa shape index (κ3) is 3.23. The second kappa shape index (κ2) is 5.45. The molecular weight excluding hydrogens is 174 g/mol. The molecule has 2 heteroatoms. The van der Waals surface area contributed by atoms with E-state index in [1.54, 1.807) is 0 Å². The van der Waals surface area contributed by atoms with Crippen LogP contribution in [0.4, 0.5) is 0 Å². The minimum Gasteiger partial charge on any atom is -0.489 e. The fourth-order valence-corrected chi connectivity index (χ4v) is 1.14. The molecular formula is C12H17NO. The summed E-state index contributed by atoms with van der Waals surface area (Å²) < 4.78 is 5.58. The quantitative estimate of drug-likeness (QED) is 0.741. The molecule has 2 N–H and O–H groups in total. The molecule has 1 aromatic carbocycles. The summed E-state index contributed by atoms with van der Waals surface area (Å²) in [4.78, 5) is 0. The summed E-state index contributed by atoms with van der Waals surface area (Å²) in [7, 11) is 0. The van der Waals surface area contributed by atoms with Crippen molar-refractivity contribution in [1.29, 1.82) is 0 Å². The Bertz CT molecular complexity index is 318. The van der Waals surface area contributed by atoms with Gasteiger partial charge >= 0.3 is 0 Å². The lowest BCUT2D eigenvalue weighted by Crippen LogP contribution is -2.10. The van der Waals surface area contributed by atoms with E-state index in [0.717, 1.165) is 11.3 Å². The highest BCUT2D eigenvalue weighted by Crippen LogP contribution is 2.12. The molecule has 0 fully saturated rings. The monoisotopic (exact) mass is 191 g/mol. The summed E-state index contributed by atoms with van der Waals surface area (Å²) in [6.45, 7) is 5.16. The van der Waals surface area contributed by atoms with Gasteiger partial charge in [-0.15, -0.1) is 0 Å². The molecule has 0 unspecified atom stereocenters. The maximum atomic E-state index is 5.58. The average Bonchev–Trinajstić information content (AvgIpc) is 2.19. The summed E-state index contributed by atoms with van der Waals surface area (Å²) in [5, 5.41) is 0. The van der Waals surface area contributed by atoms with E-state index in [9.17, 15) is 0 Å². The maximum absolute atomic E-state index is 5.58. The Morgan fingerprint density at radius 2 is 2.29 bits per heavy atom. The summed E-state index contributed by atoms with van der Waals surface area (Å²) in [6.07, 6.45) is 2.00. The van der Waals surface area contributed by atoms with Crippen molar-refractivity contribution in [3.05, 3.63) is 41.5 Å². The Hall–Kier alpha value is -1.28. The van der Waals surface area contributed by atoms with Crippen molar-refractivity contribution in [1.82, 2.24) is 0 Å². The maximum Gasteiger partial charge on any atom is 0.120 e. The predicted molar refractivity (Wildman–Crippen MR) is 59.5 cm³/mol. The molecule has 14 heavy (non-hydrogen) atoms. The van der Waals surface area contributed by atoms with Crippen LogP contribution in [-0.2, 0) is 0 Å². The van der Waals surface area contributed by atoms with E-state index in [4.69, 9.17) is 10.5 Å². The first-order valence-electron chi connectivity index (χ1n) is 4.80. The Labute approximate surface area is 85.4 Å². The highest BCUT2D eigenvalue weighted by atomic mass is 16.5. The van der Waals surface area contributed by atoms with Crippen molar-refractivity contribution in [2.45, 2.75) is 13.8 Å². The van der Waals surface area contributed by atoms with Crippen molar-refractivity contribution in [2.24, 2.45) is 5.73 Å². The number of rotatable bonds is 4. The van der Waals surface area contributed by atoms with Gasteiger partial charge in [0.05, 0.1) is 0 Å². The Morgan fingerprint density at radius 1 is 1.50 bits per heavy atom. The molecule has 0 aromatic heterocycles. The van der Waals surface area contributed by atoms with Gasteiger partial charge < -0.3 is 10.5 Å². The molecule has 1 aromatic rings. The highest BCUT2D eigenvalue weighted by molar-refractivity contribution is 5.27. The van der Waals surface area contributed by atoms with Crippen LogP contribution in [0.5, 0.6) is 5.75 Å². The van der Waals surface area contributed by atoms with E-state index in [0.29, 0.717) is 13.2 Å². The smallest absolute Gasteiger partial charge is 0.120 e. The summed E-state index contributed by atoms with van der Waals surface area (Å²) in [5.74, 6) is 0.901. The van der Waals surface area contributed by atoms with Crippen LogP contribution < -0.4 is 10.5 Å². The zero-order valence-electron chi connectivity index (χ0n) is 8.79. The molecule has 0 bridgehead atoms. The van der Waals surface area contributed by atoms with E-state index in [1.807, 2.05) is 44.2 Å². The number of aryl methyl sites for hydroxylation is 1. The minimum absolute atomic E-state index is 0.558. The molecule has 0 amide bonds. The van der Waals surface area contributed by atoms with Crippen molar-refractivity contribution in [3.8, 4) is 5.75 Å². The normalized spacial score (nSPS) is 11.5. The van der Waals surface area contributed by atoms with E-state index in [2.05, 4.69) is 0 Å². The van der Waals surface area contributed by atoms with Crippen LogP contribution in [0.25, 0.3) is 0 Å². The van der Waals surface area contributed by atoms with Gasteiger partial charge in [0.25, 0.3) is 0 Å². The molecule has 0 saturated heterocycles. The molecule has 1 rings (SSSR count). The van der Waals surface area contributed by atoms with E-state index in [1.165, 1.54) is 5.56 Å². The zero-order chi connectivity index (χ0) is 10.4. The highest BCUT2D eigenvalue weighted by Gasteiger charge is 1.96. The number of allylic oxidation sites excluding steroid dienone is 1. The standard InChI is InChI=1S/C12H17NO/c1-3-11(8-13)9-14-12-6-4-5-10(2)7-12/h3-7H,8-9,13H2,1-2H3/b11-3+. The van der Waals surface area contributed by atoms with E-state index < -0.39 is 0 Å². The molecule has 2 nitrogen and oxygen atoms in total. The average molecular weight is 191 g/mol. The number of hydrogen-bond acceptors (Lipinski definition) is 2. The van der Waals surface area contributed by atoms with Crippen LogP contribution >= 0.6 is 0 Å². The Morgan fingerprint density at radius 3 is 2.86 bits per heavy atom. The van der Waals surface area contributed by atoms with Crippen LogP contribution in [0.2, 0.25) is 0 Å². The molecule has 0 spiro atoms. The fourth-order valence-electron chi connectivity index (χ4n) is 1.14. The zero-order valence-corrected chi connectivity index (χ0v) is 8.79. The molecule has 0 radical (unpaired) electrons. The van der Waals surface area contributed by atoms with Crippen LogP contribution in [0.15, 0.2) is 35.9 Å². The summed E-state index contributed by atoms with van der Waals surface area (Å²) in [6, 6.07) is 8.01. The first kappa shape index (κ1) is 10.8. The molecule has 0 saturated carbocycles. The predicted octanol–water partition coefficient (Wildman–Crippen LogP) is 2.28. The van der Waals surface area contributed by atoms with Gasteiger partial charge in [0.15, 0.2) is 0 Å². The van der Waals surface area contributed by atoms with Crippen LogP contribution in [0.3, 0.4) is 0 Å². The van der Waals surface area contributed by atoms with Crippen molar-refractivity contribution in [3.63, 3.8) is 0 Å². The van der Waals surface area contributed by atoms with Crippen molar-refractivity contribution >= 4 is 0 Å². The lowest BCUT2D eigenvalue weighted by atomic mass is 10.2. The minimum atomic E-state index is 0.558. The first-order valence-corrected chi connectivity index (χ1v) is 4.80.